The van der Waals surface area contributed by atoms with Gasteiger partial charge >= 0.3 is 0 Å². The van der Waals surface area contributed by atoms with Crippen molar-refractivity contribution in [1.29, 1.82) is 0 Å². The van der Waals surface area contributed by atoms with Crippen LogP contribution in [0.5, 0.6) is 0 Å². The van der Waals surface area contributed by atoms with Crippen LogP contribution in [0.15, 0.2) is 25.8 Å². The molecule has 0 fully saturated rings. The third-order valence-corrected chi connectivity index (χ3v) is 4.01. The minimum atomic E-state index is -0.173. The van der Waals surface area contributed by atoms with Crippen molar-refractivity contribution in [2.75, 3.05) is 14.2 Å². The van der Waals surface area contributed by atoms with Crippen molar-refractivity contribution < 1.29 is 14.1 Å². The average Bonchev–Trinajstić information content (AvgIpc) is 2.98. The van der Waals surface area contributed by atoms with E-state index >= 15 is 0 Å². The molecular weight excluding hydrogens is 332 g/mol. The number of rotatable bonds is 5. The number of carbonyl (C=O) groups is 1. The van der Waals surface area contributed by atoms with Gasteiger partial charge < -0.3 is 14.2 Å². The van der Waals surface area contributed by atoms with Gasteiger partial charge in [0.25, 0.3) is 5.91 Å². The van der Waals surface area contributed by atoms with E-state index in [-0.39, 0.29) is 5.91 Å². The molecule has 1 amide bonds. The number of aromatic nitrogens is 1. The van der Waals surface area contributed by atoms with Crippen LogP contribution in [0.3, 0.4) is 0 Å². The van der Waals surface area contributed by atoms with E-state index in [4.69, 9.17) is 9.26 Å². The van der Waals surface area contributed by atoms with Crippen molar-refractivity contribution in [3.63, 3.8) is 0 Å². The molecule has 0 unspecified atom stereocenters. The molecule has 0 spiro atoms. The zero-order valence-electron chi connectivity index (χ0n) is 10.6. The lowest BCUT2D eigenvalue weighted by atomic mass is 10.3. The van der Waals surface area contributed by atoms with Crippen LogP contribution in [0.25, 0.3) is 0 Å². The lowest BCUT2D eigenvalue weighted by molar-refractivity contribution is 0.0774. The quantitative estimate of drug-likeness (QED) is 0.836. The Morgan fingerprint density at radius 3 is 3.00 bits per heavy atom. The van der Waals surface area contributed by atoms with E-state index in [2.05, 4.69) is 21.1 Å². The van der Waals surface area contributed by atoms with Gasteiger partial charge in [0.15, 0.2) is 11.5 Å². The fourth-order valence-corrected chi connectivity index (χ4v) is 2.79. The second kappa shape index (κ2) is 6.31. The van der Waals surface area contributed by atoms with Gasteiger partial charge in [-0.3, -0.25) is 4.79 Å². The summed E-state index contributed by atoms with van der Waals surface area (Å²) in [6.45, 7) is 0.842. The Bertz CT molecular complexity index is 567. The lowest BCUT2D eigenvalue weighted by Gasteiger charge is -2.14. The third-order valence-electron chi connectivity index (χ3n) is 2.45. The average molecular weight is 345 g/mol. The zero-order valence-corrected chi connectivity index (χ0v) is 13.0. The zero-order chi connectivity index (χ0) is 13.8. The monoisotopic (exact) mass is 344 g/mol. The van der Waals surface area contributed by atoms with E-state index in [9.17, 15) is 4.79 Å². The summed E-state index contributed by atoms with van der Waals surface area (Å²) in [5, 5.41) is 5.76. The number of thiophene rings is 1. The van der Waals surface area contributed by atoms with E-state index in [1.807, 2.05) is 11.4 Å². The normalized spacial score (nSPS) is 10.7. The molecule has 2 aromatic rings. The van der Waals surface area contributed by atoms with Gasteiger partial charge in [0.1, 0.15) is 6.61 Å². The minimum absolute atomic E-state index is 0.173. The SMILES string of the molecule is COCc1cc(C(=O)N(C)Cc2csc(Br)c2)no1. The molecule has 0 atom stereocenters. The molecule has 0 saturated carbocycles. The van der Waals surface area contributed by atoms with Gasteiger partial charge in [0, 0.05) is 26.8 Å². The standard InChI is InChI=1S/C12H13BrN2O3S/c1-15(5-8-3-11(13)19-7-8)12(16)10-4-9(6-17-2)18-14-10/h3-4,7H,5-6H2,1-2H3. The molecule has 0 aliphatic rings. The van der Waals surface area contributed by atoms with Gasteiger partial charge in [-0.25, -0.2) is 0 Å². The number of halogens is 1. The molecule has 0 saturated heterocycles. The van der Waals surface area contributed by atoms with Gasteiger partial charge in [0.2, 0.25) is 0 Å². The van der Waals surface area contributed by atoms with Crippen LogP contribution in [0.1, 0.15) is 21.8 Å². The molecule has 5 nitrogen and oxygen atoms in total. The van der Waals surface area contributed by atoms with Crippen LogP contribution >= 0.6 is 27.3 Å². The smallest absolute Gasteiger partial charge is 0.276 e. The summed E-state index contributed by atoms with van der Waals surface area (Å²) < 4.78 is 11.0. The molecule has 0 N–H and O–H groups in total. The van der Waals surface area contributed by atoms with Gasteiger partial charge in [0.05, 0.1) is 3.79 Å². The Hall–Kier alpha value is -1.18. The first-order valence-corrected chi connectivity index (χ1v) is 7.20. The van der Waals surface area contributed by atoms with Crippen molar-refractivity contribution in [3.8, 4) is 0 Å². The minimum Gasteiger partial charge on any atom is -0.377 e. The molecule has 0 bridgehead atoms. The van der Waals surface area contributed by atoms with Gasteiger partial charge in [-0.1, -0.05) is 5.16 Å². The van der Waals surface area contributed by atoms with E-state index in [1.165, 1.54) is 0 Å². The molecular formula is C12H13BrN2O3S. The Kier molecular flexibility index (Phi) is 4.73. The van der Waals surface area contributed by atoms with Gasteiger partial charge in [-0.2, -0.15) is 0 Å². The number of ether oxygens (including phenoxy) is 1. The largest absolute Gasteiger partial charge is 0.377 e. The first-order valence-electron chi connectivity index (χ1n) is 5.53. The number of nitrogens with zero attached hydrogens (tertiary/aromatic N) is 2. The Labute approximate surface area is 123 Å². The Balaban J connectivity index is 2.01. The third kappa shape index (κ3) is 3.65. The highest BCUT2D eigenvalue weighted by Gasteiger charge is 2.17. The van der Waals surface area contributed by atoms with Crippen LogP contribution in [-0.2, 0) is 17.9 Å². The molecule has 2 aromatic heterocycles. The summed E-state index contributed by atoms with van der Waals surface area (Å²) in [4.78, 5) is 13.7. The topological polar surface area (TPSA) is 55.6 Å². The molecule has 2 heterocycles. The summed E-state index contributed by atoms with van der Waals surface area (Å²) >= 11 is 4.99. The molecule has 0 radical (unpaired) electrons. The van der Waals surface area contributed by atoms with Crippen LogP contribution in [0.4, 0.5) is 0 Å². The summed E-state index contributed by atoms with van der Waals surface area (Å²) in [6, 6.07) is 3.60. The molecule has 2 rings (SSSR count). The summed E-state index contributed by atoms with van der Waals surface area (Å²) in [5.74, 6) is 0.367. The maximum atomic E-state index is 12.1. The van der Waals surface area contributed by atoms with Crippen LogP contribution in [0.2, 0.25) is 0 Å². The number of methoxy groups -OCH3 is 1. The molecule has 102 valence electrons. The maximum Gasteiger partial charge on any atom is 0.276 e. The summed E-state index contributed by atoms with van der Waals surface area (Å²) in [5.41, 5.74) is 1.37. The van der Waals surface area contributed by atoms with Crippen LogP contribution < -0.4 is 0 Å². The van der Waals surface area contributed by atoms with Crippen molar-refractivity contribution in [2.45, 2.75) is 13.2 Å². The Morgan fingerprint density at radius 2 is 2.37 bits per heavy atom. The molecule has 0 aromatic carbocycles. The number of carbonyl (C=O) groups excluding carboxylic acids is 1. The maximum absolute atomic E-state index is 12.1. The van der Waals surface area contributed by atoms with Crippen molar-refractivity contribution in [3.05, 3.63) is 38.3 Å². The highest BCUT2D eigenvalue weighted by atomic mass is 79.9. The van der Waals surface area contributed by atoms with Crippen LogP contribution in [-0.4, -0.2) is 30.1 Å². The van der Waals surface area contributed by atoms with E-state index in [0.717, 1.165) is 9.35 Å². The lowest BCUT2D eigenvalue weighted by Crippen LogP contribution is -2.26. The fraction of sp³-hybridized carbons (Fsp3) is 0.333. The first kappa shape index (κ1) is 14.2. The van der Waals surface area contributed by atoms with Gasteiger partial charge in [-0.15, -0.1) is 11.3 Å². The molecule has 0 aliphatic carbocycles. The Morgan fingerprint density at radius 1 is 1.58 bits per heavy atom. The van der Waals surface area contributed by atoms with Crippen molar-refractivity contribution in [2.24, 2.45) is 0 Å². The number of amides is 1. The predicted molar refractivity (Wildman–Crippen MR) is 75.0 cm³/mol. The van der Waals surface area contributed by atoms with E-state index in [0.29, 0.717) is 24.6 Å². The molecule has 19 heavy (non-hydrogen) atoms. The number of hydrogen-bond acceptors (Lipinski definition) is 5. The molecule has 7 heteroatoms. The van der Waals surface area contributed by atoms with Crippen LogP contribution in [0, 0.1) is 0 Å². The summed E-state index contributed by atoms with van der Waals surface area (Å²) in [7, 11) is 3.29. The van der Waals surface area contributed by atoms with Gasteiger partial charge in [-0.05, 0) is 32.9 Å². The predicted octanol–water partition coefficient (Wildman–Crippen LogP) is 2.92. The number of hydrogen-bond donors (Lipinski definition) is 0. The summed E-state index contributed by atoms with van der Waals surface area (Å²) in [6.07, 6.45) is 0. The highest BCUT2D eigenvalue weighted by Crippen LogP contribution is 2.21. The second-order valence-electron chi connectivity index (χ2n) is 4.03. The highest BCUT2D eigenvalue weighted by molar-refractivity contribution is 9.11. The van der Waals surface area contributed by atoms with E-state index in [1.54, 1.807) is 36.5 Å². The van der Waals surface area contributed by atoms with E-state index < -0.39 is 0 Å². The van der Waals surface area contributed by atoms with Crippen molar-refractivity contribution >= 4 is 33.2 Å². The molecule has 0 aliphatic heterocycles. The fourth-order valence-electron chi connectivity index (χ4n) is 1.59. The second-order valence-corrected chi connectivity index (χ2v) is 6.32. The first-order chi connectivity index (χ1) is 9.10. The van der Waals surface area contributed by atoms with Crippen molar-refractivity contribution in [1.82, 2.24) is 10.1 Å².